The highest BCUT2D eigenvalue weighted by Gasteiger charge is 2.15. The third-order valence-corrected chi connectivity index (χ3v) is 4.01. The fourth-order valence-electron chi connectivity index (χ4n) is 1.91. The molecule has 1 aromatic rings. The molecule has 8 heteroatoms. The molecule has 0 saturated carbocycles. The molecule has 1 aliphatic heterocycles. The molecule has 0 unspecified atom stereocenters. The molecule has 0 bridgehead atoms. The summed E-state index contributed by atoms with van der Waals surface area (Å²) in [7, 11) is 0. The van der Waals surface area contributed by atoms with Crippen molar-refractivity contribution in [3.63, 3.8) is 0 Å². The lowest BCUT2D eigenvalue weighted by Crippen LogP contribution is -2.33. The summed E-state index contributed by atoms with van der Waals surface area (Å²) in [6.45, 7) is 5.14. The lowest BCUT2D eigenvalue weighted by Gasteiger charge is -2.12. The van der Waals surface area contributed by atoms with Gasteiger partial charge in [0.15, 0.2) is 0 Å². The van der Waals surface area contributed by atoms with Gasteiger partial charge in [0.2, 0.25) is 0 Å². The fourth-order valence-corrected chi connectivity index (χ4v) is 2.31. The molecule has 2 rings (SSSR count). The molecule has 1 heterocycles. The number of benzene rings is 1. The number of anilines is 1. The van der Waals surface area contributed by atoms with Crippen molar-refractivity contribution < 1.29 is 9.13 Å². The average molecular weight is 404 g/mol. The van der Waals surface area contributed by atoms with Crippen LogP contribution in [0.5, 0.6) is 0 Å². The molecule has 0 aliphatic carbocycles. The number of halogens is 3. The number of nitrogens with two attached hydrogens (primary N) is 1. The number of nitrogens with zero attached hydrogens (tertiary/aromatic N) is 1. The summed E-state index contributed by atoms with van der Waals surface area (Å²) in [5.41, 5.74) is 6.53. The molecule has 0 aromatic heterocycles. The van der Waals surface area contributed by atoms with Gasteiger partial charge in [-0.3, -0.25) is 0 Å². The quantitative estimate of drug-likeness (QED) is 0.637. The van der Waals surface area contributed by atoms with Gasteiger partial charge in [0, 0.05) is 18.5 Å². The molecule has 0 amide bonds. The number of aliphatic imine (C=N–C) groups is 1. The van der Waals surface area contributed by atoms with Gasteiger partial charge in [-0.1, -0.05) is 18.2 Å². The Morgan fingerprint density at radius 3 is 3.00 bits per heavy atom. The zero-order valence-electron chi connectivity index (χ0n) is 12.3. The Labute approximate surface area is 147 Å². The molecule has 1 atom stereocenters. The topological polar surface area (TPSA) is 71.7 Å². The standard InChI is InChI=1S/C15H17BrClFN4O/c1-9(21-10-2-3-14(18)13(17)6-10)20-7-12(16)15(19)22-11-4-5-23-8-11/h2-3,6-7,11,21-22H,1,4-5,8,19H2/b15-12-,20-7-/t11-/m1/s1. The Morgan fingerprint density at radius 2 is 2.35 bits per heavy atom. The van der Waals surface area contributed by atoms with Crippen LogP contribution in [-0.2, 0) is 4.74 Å². The second-order valence-corrected chi connectivity index (χ2v) is 6.19. The monoisotopic (exact) mass is 402 g/mol. The predicted octanol–water partition coefficient (Wildman–Crippen LogP) is 3.33. The number of allylic oxidation sites excluding steroid dienone is 1. The Balaban J connectivity index is 1.92. The van der Waals surface area contributed by atoms with E-state index in [0.29, 0.717) is 28.4 Å². The van der Waals surface area contributed by atoms with E-state index in [-0.39, 0.29) is 11.1 Å². The van der Waals surface area contributed by atoms with Gasteiger partial charge in [0.1, 0.15) is 17.5 Å². The summed E-state index contributed by atoms with van der Waals surface area (Å²) in [6, 6.07) is 4.48. The van der Waals surface area contributed by atoms with Gasteiger partial charge in [-0.25, -0.2) is 9.38 Å². The highest BCUT2D eigenvalue weighted by atomic mass is 79.9. The van der Waals surface area contributed by atoms with Crippen LogP contribution in [0.25, 0.3) is 0 Å². The van der Waals surface area contributed by atoms with Crippen molar-refractivity contribution in [3.8, 4) is 0 Å². The van der Waals surface area contributed by atoms with Gasteiger partial charge in [-0.15, -0.1) is 0 Å². The first kappa shape index (κ1) is 17.8. The van der Waals surface area contributed by atoms with Gasteiger partial charge in [0.25, 0.3) is 0 Å². The van der Waals surface area contributed by atoms with Gasteiger partial charge in [0.05, 0.1) is 22.2 Å². The van der Waals surface area contributed by atoms with Crippen LogP contribution < -0.4 is 16.4 Å². The van der Waals surface area contributed by atoms with Crippen LogP contribution in [-0.4, -0.2) is 25.5 Å². The molecule has 1 fully saturated rings. The highest BCUT2D eigenvalue weighted by molar-refractivity contribution is 9.12. The van der Waals surface area contributed by atoms with Crippen molar-refractivity contribution in [2.24, 2.45) is 10.7 Å². The van der Waals surface area contributed by atoms with Gasteiger partial charge >= 0.3 is 0 Å². The van der Waals surface area contributed by atoms with Crippen LogP contribution in [0, 0.1) is 5.82 Å². The molecule has 1 aliphatic rings. The smallest absolute Gasteiger partial charge is 0.141 e. The van der Waals surface area contributed by atoms with Crippen LogP contribution in [0.15, 0.2) is 45.9 Å². The van der Waals surface area contributed by atoms with Crippen molar-refractivity contribution in [2.45, 2.75) is 12.5 Å². The Kier molecular flexibility index (Phi) is 6.44. The van der Waals surface area contributed by atoms with E-state index < -0.39 is 5.82 Å². The van der Waals surface area contributed by atoms with Crippen molar-refractivity contribution >= 4 is 39.4 Å². The Morgan fingerprint density at radius 1 is 1.57 bits per heavy atom. The largest absolute Gasteiger partial charge is 0.385 e. The van der Waals surface area contributed by atoms with E-state index >= 15 is 0 Å². The van der Waals surface area contributed by atoms with Crippen LogP contribution >= 0.6 is 27.5 Å². The molecule has 124 valence electrons. The molecule has 1 saturated heterocycles. The van der Waals surface area contributed by atoms with Crippen molar-refractivity contribution in [1.29, 1.82) is 0 Å². The van der Waals surface area contributed by atoms with E-state index in [4.69, 9.17) is 22.1 Å². The first-order valence-electron chi connectivity index (χ1n) is 6.90. The average Bonchev–Trinajstić information content (AvgIpc) is 3.01. The summed E-state index contributed by atoms with van der Waals surface area (Å²) < 4.78 is 19.0. The molecular formula is C15H17BrClFN4O. The summed E-state index contributed by atoms with van der Waals surface area (Å²) in [6.07, 6.45) is 2.44. The second kappa shape index (κ2) is 8.33. The minimum atomic E-state index is -0.480. The van der Waals surface area contributed by atoms with E-state index in [1.165, 1.54) is 18.3 Å². The third-order valence-electron chi connectivity index (χ3n) is 3.09. The maximum absolute atomic E-state index is 13.1. The maximum atomic E-state index is 13.1. The van der Waals surface area contributed by atoms with E-state index in [2.05, 4.69) is 38.1 Å². The zero-order valence-corrected chi connectivity index (χ0v) is 14.6. The number of ether oxygens (including phenoxy) is 1. The normalized spacial score (nSPS) is 18.8. The van der Waals surface area contributed by atoms with Crippen molar-refractivity contribution in [3.05, 3.63) is 51.7 Å². The van der Waals surface area contributed by atoms with E-state index in [0.717, 1.165) is 13.0 Å². The Hall–Kier alpha value is -1.57. The molecule has 0 radical (unpaired) electrons. The fraction of sp³-hybridized carbons (Fsp3) is 0.267. The van der Waals surface area contributed by atoms with Gasteiger partial charge in [-0.2, -0.15) is 0 Å². The molecule has 0 spiro atoms. The summed E-state index contributed by atoms with van der Waals surface area (Å²) in [5.74, 6) is 0.357. The number of hydrogen-bond acceptors (Lipinski definition) is 5. The highest BCUT2D eigenvalue weighted by Crippen LogP contribution is 2.20. The second-order valence-electron chi connectivity index (χ2n) is 4.93. The van der Waals surface area contributed by atoms with E-state index in [9.17, 15) is 4.39 Å². The number of rotatable bonds is 6. The predicted molar refractivity (Wildman–Crippen MR) is 95.2 cm³/mol. The molecule has 23 heavy (non-hydrogen) atoms. The van der Waals surface area contributed by atoms with Crippen LogP contribution in [0.1, 0.15) is 6.42 Å². The van der Waals surface area contributed by atoms with Gasteiger partial charge < -0.3 is 21.1 Å². The van der Waals surface area contributed by atoms with Crippen LogP contribution in [0.4, 0.5) is 10.1 Å². The molecule has 4 N–H and O–H groups in total. The van der Waals surface area contributed by atoms with Crippen LogP contribution in [0.2, 0.25) is 5.02 Å². The summed E-state index contributed by atoms with van der Waals surface area (Å²) in [5, 5.41) is 6.09. The molecule has 5 nitrogen and oxygen atoms in total. The van der Waals surface area contributed by atoms with Crippen molar-refractivity contribution in [2.75, 3.05) is 18.5 Å². The first-order valence-corrected chi connectivity index (χ1v) is 8.07. The minimum Gasteiger partial charge on any atom is -0.385 e. The lowest BCUT2D eigenvalue weighted by molar-refractivity contribution is 0.191. The van der Waals surface area contributed by atoms with Crippen molar-refractivity contribution in [1.82, 2.24) is 5.32 Å². The SMILES string of the molecule is C=C(/N=C\C(Br)=C(/N)N[C@@H]1CCOC1)Nc1ccc(F)c(Cl)c1. The first-order chi connectivity index (χ1) is 11.0. The van der Waals surface area contributed by atoms with E-state index in [1.54, 1.807) is 6.07 Å². The molecular weight excluding hydrogens is 387 g/mol. The number of nitrogens with one attached hydrogen (secondary N) is 2. The lowest BCUT2D eigenvalue weighted by atomic mass is 10.2. The minimum absolute atomic E-state index is 0.0279. The van der Waals surface area contributed by atoms with E-state index in [1.807, 2.05) is 0 Å². The zero-order chi connectivity index (χ0) is 16.8. The summed E-state index contributed by atoms with van der Waals surface area (Å²) in [4.78, 5) is 4.14. The summed E-state index contributed by atoms with van der Waals surface area (Å²) >= 11 is 9.06. The molecule has 1 aromatic carbocycles. The third kappa shape index (κ3) is 5.53. The van der Waals surface area contributed by atoms with Crippen LogP contribution in [0.3, 0.4) is 0 Å². The maximum Gasteiger partial charge on any atom is 0.141 e. The number of hydrogen-bond donors (Lipinski definition) is 3. The Bertz CT molecular complexity index is 644. The van der Waals surface area contributed by atoms with Gasteiger partial charge in [-0.05, 0) is 40.5 Å².